The van der Waals surface area contributed by atoms with Crippen LogP contribution in [0.3, 0.4) is 0 Å². The van der Waals surface area contributed by atoms with Crippen LogP contribution in [0.2, 0.25) is 0 Å². The molecule has 1 aromatic heterocycles. The summed E-state index contributed by atoms with van der Waals surface area (Å²) in [5.41, 5.74) is 0. The molecule has 1 fully saturated rings. The zero-order valence-corrected chi connectivity index (χ0v) is 12.8. The van der Waals surface area contributed by atoms with Gasteiger partial charge in [0.2, 0.25) is 5.91 Å². The van der Waals surface area contributed by atoms with Gasteiger partial charge in [0.15, 0.2) is 0 Å². The number of amides is 2. The molecule has 1 aliphatic heterocycles. The minimum atomic E-state index is -0.0563. The second-order valence-corrected chi connectivity index (χ2v) is 6.22. The van der Waals surface area contributed by atoms with Gasteiger partial charge < -0.3 is 15.5 Å². The van der Waals surface area contributed by atoms with Crippen molar-refractivity contribution in [1.29, 1.82) is 0 Å². The monoisotopic (exact) mass is 295 g/mol. The maximum absolute atomic E-state index is 12.4. The van der Waals surface area contributed by atoms with Crippen LogP contribution in [0.1, 0.15) is 34.3 Å². The third-order valence-corrected chi connectivity index (χ3v) is 4.57. The minimum absolute atomic E-state index is 0.0563. The van der Waals surface area contributed by atoms with Crippen LogP contribution in [0.25, 0.3) is 0 Å². The molecule has 0 bridgehead atoms. The molecular formula is C14H21N3O2S. The second kappa shape index (κ2) is 6.85. The maximum atomic E-state index is 12.4. The Morgan fingerprint density at radius 3 is 2.95 bits per heavy atom. The number of nitrogens with one attached hydrogen (secondary N) is 2. The summed E-state index contributed by atoms with van der Waals surface area (Å²) in [4.78, 5) is 27.0. The van der Waals surface area contributed by atoms with Gasteiger partial charge in [0.05, 0.1) is 11.4 Å². The van der Waals surface area contributed by atoms with Crippen LogP contribution in [0, 0.1) is 0 Å². The lowest BCUT2D eigenvalue weighted by molar-refractivity contribution is -0.119. The van der Waals surface area contributed by atoms with Crippen molar-refractivity contribution in [2.45, 2.75) is 32.4 Å². The Morgan fingerprint density at radius 1 is 1.45 bits per heavy atom. The van der Waals surface area contributed by atoms with Crippen molar-refractivity contribution in [3.05, 3.63) is 21.9 Å². The third-order valence-electron chi connectivity index (χ3n) is 3.50. The van der Waals surface area contributed by atoms with Crippen molar-refractivity contribution in [2.24, 2.45) is 0 Å². The Kier molecular flexibility index (Phi) is 5.14. The predicted octanol–water partition coefficient (Wildman–Crippen LogP) is 1.21. The molecule has 110 valence electrons. The molecule has 5 nitrogen and oxygen atoms in total. The molecule has 2 amide bonds. The van der Waals surface area contributed by atoms with Gasteiger partial charge in [0.1, 0.15) is 0 Å². The number of hydrogen-bond donors (Lipinski definition) is 2. The lowest BCUT2D eigenvalue weighted by Crippen LogP contribution is -2.46. The van der Waals surface area contributed by atoms with Gasteiger partial charge in [-0.15, -0.1) is 11.3 Å². The number of nitrogens with zero attached hydrogens (tertiary/aromatic N) is 1. The summed E-state index contributed by atoms with van der Waals surface area (Å²) in [6.45, 7) is 3.59. The van der Waals surface area contributed by atoms with Crippen molar-refractivity contribution in [3.63, 3.8) is 0 Å². The van der Waals surface area contributed by atoms with Crippen molar-refractivity contribution < 1.29 is 9.59 Å². The van der Waals surface area contributed by atoms with Gasteiger partial charge in [-0.3, -0.25) is 9.59 Å². The van der Waals surface area contributed by atoms with E-state index in [0.717, 1.165) is 35.7 Å². The Hall–Kier alpha value is -1.40. The fourth-order valence-corrected chi connectivity index (χ4v) is 3.27. The van der Waals surface area contributed by atoms with E-state index in [2.05, 4.69) is 10.6 Å². The van der Waals surface area contributed by atoms with E-state index in [1.807, 2.05) is 24.1 Å². The molecule has 0 spiro atoms. The van der Waals surface area contributed by atoms with E-state index in [1.165, 1.54) is 18.3 Å². The lowest BCUT2D eigenvalue weighted by atomic mass is 10.1. The first kappa shape index (κ1) is 15.0. The first-order valence-corrected chi connectivity index (χ1v) is 7.71. The van der Waals surface area contributed by atoms with Crippen LogP contribution in [-0.2, 0) is 11.3 Å². The normalized spacial score (nSPS) is 18.9. The molecule has 6 heteroatoms. The Labute approximate surface area is 123 Å². The minimum Gasteiger partial charge on any atom is -0.351 e. The van der Waals surface area contributed by atoms with E-state index in [9.17, 15) is 9.59 Å². The lowest BCUT2D eigenvalue weighted by Gasteiger charge is -2.32. The fraction of sp³-hybridized carbons (Fsp3) is 0.571. The van der Waals surface area contributed by atoms with E-state index in [0.29, 0.717) is 12.6 Å². The molecule has 0 aliphatic carbocycles. The van der Waals surface area contributed by atoms with Gasteiger partial charge in [-0.2, -0.15) is 0 Å². The number of likely N-dealkylation sites (tertiary alicyclic amines) is 1. The molecule has 0 unspecified atom stereocenters. The number of piperidine rings is 1. The molecule has 2 rings (SSSR count). The standard InChI is InChI=1S/C14H21N3O2S/c1-10(18)16-8-12-5-6-13(20-12)14(19)17-7-3-4-11(9-17)15-2/h5-6,11,15H,3-4,7-9H2,1-2H3,(H,16,18)/t11-/m0/s1. The van der Waals surface area contributed by atoms with Crippen LogP contribution in [-0.4, -0.2) is 42.9 Å². The number of hydrogen-bond acceptors (Lipinski definition) is 4. The highest BCUT2D eigenvalue weighted by Crippen LogP contribution is 2.20. The zero-order chi connectivity index (χ0) is 14.5. The molecule has 0 radical (unpaired) electrons. The number of carbonyl (C=O) groups excluding carboxylic acids is 2. The first-order chi connectivity index (χ1) is 9.60. The van der Waals surface area contributed by atoms with E-state index in [-0.39, 0.29) is 11.8 Å². The van der Waals surface area contributed by atoms with Crippen LogP contribution < -0.4 is 10.6 Å². The topological polar surface area (TPSA) is 61.4 Å². The molecule has 1 aliphatic rings. The summed E-state index contributed by atoms with van der Waals surface area (Å²) in [6, 6.07) is 4.16. The molecule has 20 heavy (non-hydrogen) atoms. The maximum Gasteiger partial charge on any atom is 0.263 e. The smallest absolute Gasteiger partial charge is 0.263 e. The van der Waals surface area contributed by atoms with Gasteiger partial charge >= 0.3 is 0 Å². The molecule has 2 N–H and O–H groups in total. The van der Waals surface area contributed by atoms with Crippen molar-refractivity contribution in [2.75, 3.05) is 20.1 Å². The van der Waals surface area contributed by atoms with Gasteiger partial charge in [-0.1, -0.05) is 0 Å². The molecule has 0 aromatic carbocycles. The summed E-state index contributed by atoms with van der Waals surface area (Å²) in [5, 5.41) is 5.99. The predicted molar refractivity (Wildman–Crippen MR) is 79.8 cm³/mol. The molecular weight excluding hydrogens is 274 g/mol. The average molecular weight is 295 g/mol. The molecule has 1 aromatic rings. The van der Waals surface area contributed by atoms with Crippen LogP contribution in [0.5, 0.6) is 0 Å². The van der Waals surface area contributed by atoms with Crippen molar-refractivity contribution >= 4 is 23.2 Å². The average Bonchev–Trinajstić information content (AvgIpc) is 2.93. The highest BCUT2D eigenvalue weighted by molar-refractivity contribution is 7.14. The van der Waals surface area contributed by atoms with Gasteiger partial charge in [-0.25, -0.2) is 0 Å². The number of thiophene rings is 1. The second-order valence-electron chi connectivity index (χ2n) is 5.05. The number of carbonyl (C=O) groups is 2. The van der Waals surface area contributed by atoms with Crippen LogP contribution in [0.4, 0.5) is 0 Å². The van der Waals surface area contributed by atoms with E-state index < -0.39 is 0 Å². The summed E-state index contributed by atoms with van der Waals surface area (Å²) in [6.07, 6.45) is 2.17. The highest BCUT2D eigenvalue weighted by atomic mass is 32.1. The molecule has 2 heterocycles. The third kappa shape index (κ3) is 3.80. The van der Waals surface area contributed by atoms with Crippen molar-refractivity contribution in [1.82, 2.24) is 15.5 Å². The largest absolute Gasteiger partial charge is 0.351 e. The molecule has 0 saturated carbocycles. The number of likely N-dealkylation sites (N-methyl/N-ethyl adjacent to an activating group) is 1. The van der Waals surface area contributed by atoms with Gasteiger partial charge in [-0.05, 0) is 32.0 Å². The Morgan fingerprint density at radius 2 is 2.25 bits per heavy atom. The highest BCUT2D eigenvalue weighted by Gasteiger charge is 2.24. The Bertz CT molecular complexity index is 487. The summed E-state index contributed by atoms with van der Waals surface area (Å²) in [7, 11) is 1.94. The first-order valence-electron chi connectivity index (χ1n) is 6.90. The van der Waals surface area contributed by atoms with E-state index in [4.69, 9.17) is 0 Å². The summed E-state index contributed by atoms with van der Waals surface area (Å²) in [5.74, 6) is 0.0446. The molecule has 1 atom stereocenters. The molecule has 1 saturated heterocycles. The zero-order valence-electron chi connectivity index (χ0n) is 11.9. The van der Waals surface area contributed by atoms with E-state index >= 15 is 0 Å². The summed E-state index contributed by atoms with van der Waals surface area (Å²) < 4.78 is 0. The number of rotatable bonds is 4. The Balaban J connectivity index is 1.96. The quantitative estimate of drug-likeness (QED) is 0.877. The van der Waals surface area contributed by atoms with E-state index in [1.54, 1.807) is 0 Å². The van der Waals surface area contributed by atoms with Crippen molar-refractivity contribution in [3.8, 4) is 0 Å². The van der Waals surface area contributed by atoms with Crippen LogP contribution in [0.15, 0.2) is 12.1 Å². The summed E-state index contributed by atoms with van der Waals surface area (Å²) >= 11 is 1.46. The van der Waals surface area contributed by atoms with Gasteiger partial charge in [0, 0.05) is 30.9 Å². The van der Waals surface area contributed by atoms with Crippen LogP contribution >= 0.6 is 11.3 Å². The van der Waals surface area contributed by atoms with Gasteiger partial charge in [0.25, 0.3) is 5.91 Å². The SMILES string of the molecule is CN[C@H]1CCCN(C(=O)c2ccc(CNC(C)=O)s2)C1. The fourth-order valence-electron chi connectivity index (χ4n) is 2.35.